The van der Waals surface area contributed by atoms with E-state index in [0.717, 1.165) is 12.8 Å². The van der Waals surface area contributed by atoms with E-state index in [-0.39, 0.29) is 0 Å². The molecule has 0 aromatic heterocycles. The molecule has 119 valence electrons. The maximum Gasteiger partial charge on any atom is 0.0164 e. The molecule has 0 bridgehead atoms. The van der Waals surface area contributed by atoms with Crippen LogP contribution in [0.5, 0.6) is 0 Å². The lowest BCUT2D eigenvalue weighted by Crippen LogP contribution is -1.96. The van der Waals surface area contributed by atoms with Crippen LogP contribution in [0, 0.1) is 6.42 Å². The molecule has 2 aromatic carbocycles. The van der Waals surface area contributed by atoms with Crippen molar-refractivity contribution in [3.8, 4) is 11.1 Å². The van der Waals surface area contributed by atoms with Crippen molar-refractivity contribution in [2.75, 3.05) is 0 Å². The Kier molecular flexibility index (Phi) is 5.00. The lowest BCUT2D eigenvalue weighted by molar-refractivity contribution is 0.797. The molecule has 2 aromatic rings. The molecule has 0 saturated heterocycles. The van der Waals surface area contributed by atoms with Crippen LogP contribution in [0.15, 0.2) is 42.0 Å². The van der Waals surface area contributed by atoms with Crippen molar-refractivity contribution in [1.82, 2.24) is 0 Å². The van der Waals surface area contributed by atoms with Crippen molar-refractivity contribution in [2.45, 2.75) is 52.9 Å². The first-order valence-electron chi connectivity index (χ1n) is 9.07. The summed E-state index contributed by atoms with van der Waals surface area (Å²) in [4.78, 5) is 0. The van der Waals surface area contributed by atoms with Gasteiger partial charge in [0.1, 0.15) is 0 Å². The van der Waals surface area contributed by atoms with E-state index in [1.807, 2.05) is 0 Å². The van der Waals surface area contributed by atoms with Crippen LogP contribution < -0.4 is 0 Å². The topological polar surface area (TPSA) is 0 Å². The molecule has 3 rings (SSSR count). The molecule has 0 atom stereocenters. The average Bonchev–Trinajstić information content (AvgIpc) is 3.01. The van der Waals surface area contributed by atoms with E-state index in [0.29, 0.717) is 0 Å². The summed E-state index contributed by atoms with van der Waals surface area (Å²) in [5.74, 6) is 0. The Labute approximate surface area is 141 Å². The molecule has 0 heteroatoms. The Morgan fingerprint density at radius 2 is 1.61 bits per heavy atom. The van der Waals surface area contributed by atoms with E-state index in [1.54, 1.807) is 0 Å². The summed E-state index contributed by atoms with van der Waals surface area (Å²) < 4.78 is 0. The molecule has 1 radical (unpaired) electrons. The van der Waals surface area contributed by atoms with Gasteiger partial charge in [0.25, 0.3) is 0 Å². The van der Waals surface area contributed by atoms with Crippen molar-refractivity contribution in [3.63, 3.8) is 0 Å². The quantitative estimate of drug-likeness (QED) is 0.562. The van der Waals surface area contributed by atoms with Crippen molar-refractivity contribution < 1.29 is 0 Å². The Morgan fingerprint density at radius 3 is 2.35 bits per heavy atom. The summed E-state index contributed by atoms with van der Waals surface area (Å²) in [6.07, 6.45) is 10.7. The van der Waals surface area contributed by atoms with Crippen LogP contribution in [0.1, 0.15) is 62.3 Å². The third-order valence-corrected chi connectivity index (χ3v) is 4.90. The van der Waals surface area contributed by atoms with Crippen molar-refractivity contribution in [1.29, 1.82) is 0 Å². The van der Waals surface area contributed by atoms with Gasteiger partial charge in [-0.05, 0) is 59.1 Å². The van der Waals surface area contributed by atoms with Gasteiger partial charge in [0, 0.05) is 6.42 Å². The summed E-state index contributed by atoms with van der Waals surface area (Å²) in [6, 6.07) is 13.5. The molecule has 0 unspecified atom stereocenters. The van der Waals surface area contributed by atoms with Gasteiger partial charge in [-0.1, -0.05) is 75.2 Å². The maximum atomic E-state index is 2.44. The molecule has 0 N–H and O–H groups in total. The van der Waals surface area contributed by atoms with Gasteiger partial charge in [-0.15, -0.1) is 0 Å². The molecule has 0 nitrogen and oxygen atoms in total. The largest absolute Gasteiger partial charge is 0.0654 e. The van der Waals surface area contributed by atoms with E-state index in [2.05, 4.69) is 69.7 Å². The second kappa shape index (κ2) is 7.17. The maximum absolute atomic E-state index is 2.44. The Balaban J connectivity index is 2.13. The van der Waals surface area contributed by atoms with Gasteiger partial charge in [-0.25, -0.2) is 0 Å². The first-order valence-corrected chi connectivity index (χ1v) is 9.07. The number of hydrogen-bond donors (Lipinski definition) is 0. The molecule has 0 fully saturated rings. The molecular formula is C23H27. The fourth-order valence-electron chi connectivity index (χ4n) is 3.60. The second-order valence-corrected chi connectivity index (χ2v) is 6.43. The van der Waals surface area contributed by atoms with Crippen LogP contribution >= 0.6 is 0 Å². The third-order valence-electron chi connectivity index (χ3n) is 4.90. The first-order chi connectivity index (χ1) is 11.3. The molecule has 0 spiro atoms. The van der Waals surface area contributed by atoms with Gasteiger partial charge >= 0.3 is 0 Å². The zero-order chi connectivity index (χ0) is 16.2. The summed E-state index contributed by atoms with van der Waals surface area (Å²) >= 11 is 0. The number of rotatable bonds is 6. The molecule has 0 saturated carbocycles. The van der Waals surface area contributed by atoms with Crippen LogP contribution in [-0.2, 0) is 12.8 Å². The molecule has 0 amide bonds. The Morgan fingerprint density at radius 1 is 0.826 bits per heavy atom. The predicted octanol–water partition coefficient (Wildman–Crippen LogP) is 6.62. The van der Waals surface area contributed by atoms with Crippen molar-refractivity contribution >= 4 is 6.08 Å². The highest BCUT2D eigenvalue weighted by Crippen LogP contribution is 2.40. The smallest absolute Gasteiger partial charge is 0.0164 e. The van der Waals surface area contributed by atoms with Crippen LogP contribution in [-0.4, -0.2) is 0 Å². The Hall–Kier alpha value is -1.82. The zero-order valence-electron chi connectivity index (χ0n) is 14.7. The van der Waals surface area contributed by atoms with Crippen LogP contribution in [0.4, 0.5) is 0 Å². The Bertz CT molecular complexity index is 719. The fraction of sp³-hybridized carbons (Fsp3) is 0.348. The lowest BCUT2D eigenvalue weighted by atomic mass is 9.88. The van der Waals surface area contributed by atoms with Gasteiger partial charge in [0.05, 0.1) is 0 Å². The van der Waals surface area contributed by atoms with Gasteiger partial charge in [0.2, 0.25) is 0 Å². The van der Waals surface area contributed by atoms with E-state index in [4.69, 9.17) is 0 Å². The fourth-order valence-corrected chi connectivity index (χ4v) is 3.60. The highest BCUT2D eigenvalue weighted by Gasteiger charge is 2.20. The van der Waals surface area contributed by atoms with E-state index >= 15 is 0 Å². The van der Waals surface area contributed by atoms with Crippen LogP contribution in [0.3, 0.4) is 0 Å². The SMILES string of the molecule is CCCCC1=Cc2c(ccc(CC)c2-c2ccccc2CC)[CH]1. The average molecular weight is 303 g/mol. The minimum absolute atomic E-state index is 1.08. The lowest BCUT2D eigenvalue weighted by Gasteiger charge is -2.16. The number of allylic oxidation sites excluding steroid dienone is 1. The van der Waals surface area contributed by atoms with Crippen molar-refractivity contribution in [3.05, 3.63) is 70.6 Å². The standard InChI is InChI=1S/C23H27/c1-4-7-10-17-15-20-14-13-19(6-3)23(22(20)16-17)21-12-9-8-11-18(21)5-2/h8-9,11-16H,4-7,10H2,1-3H3. The van der Waals surface area contributed by atoms with Crippen molar-refractivity contribution in [2.24, 2.45) is 0 Å². The zero-order valence-corrected chi connectivity index (χ0v) is 14.7. The minimum Gasteiger partial charge on any atom is -0.0654 e. The first kappa shape index (κ1) is 16.1. The molecule has 0 heterocycles. The van der Waals surface area contributed by atoms with Gasteiger partial charge in [-0.3, -0.25) is 0 Å². The normalized spacial score (nSPS) is 13.1. The summed E-state index contributed by atoms with van der Waals surface area (Å²) in [5, 5.41) is 0. The van der Waals surface area contributed by atoms with E-state index in [9.17, 15) is 0 Å². The molecule has 1 aliphatic carbocycles. The van der Waals surface area contributed by atoms with Crippen LogP contribution in [0.25, 0.3) is 17.2 Å². The summed E-state index contributed by atoms with van der Waals surface area (Å²) in [6.45, 7) is 6.78. The minimum atomic E-state index is 1.08. The third kappa shape index (κ3) is 3.13. The summed E-state index contributed by atoms with van der Waals surface area (Å²) in [7, 11) is 0. The highest BCUT2D eigenvalue weighted by atomic mass is 14.2. The van der Waals surface area contributed by atoms with E-state index in [1.165, 1.54) is 58.2 Å². The number of aryl methyl sites for hydroxylation is 2. The molecular weight excluding hydrogens is 276 g/mol. The number of benzene rings is 2. The number of fused-ring (bicyclic) bond motifs is 1. The predicted molar refractivity (Wildman–Crippen MR) is 102 cm³/mol. The van der Waals surface area contributed by atoms with Gasteiger partial charge < -0.3 is 0 Å². The van der Waals surface area contributed by atoms with Gasteiger partial charge in [0.15, 0.2) is 0 Å². The highest BCUT2D eigenvalue weighted by molar-refractivity contribution is 5.86. The number of unbranched alkanes of at least 4 members (excludes halogenated alkanes) is 1. The molecule has 0 aliphatic heterocycles. The summed E-state index contributed by atoms with van der Waals surface area (Å²) in [5.41, 5.74) is 10.1. The van der Waals surface area contributed by atoms with E-state index < -0.39 is 0 Å². The molecule has 23 heavy (non-hydrogen) atoms. The van der Waals surface area contributed by atoms with Crippen LogP contribution in [0.2, 0.25) is 0 Å². The number of hydrogen-bond acceptors (Lipinski definition) is 0. The monoisotopic (exact) mass is 303 g/mol. The van der Waals surface area contributed by atoms with Gasteiger partial charge in [-0.2, -0.15) is 0 Å². The molecule has 1 aliphatic rings. The second-order valence-electron chi connectivity index (χ2n) is 6.43.